The van der Waals surface area contributed by atoms with E-state index in [-0.39, 0.29) is 11.5 Å². The summed E-state index contributed by atoms with van der Waals surface area (Å²) in [5, 5.41) is 15.4. The summed E-state index contributed by atoms with van der Waals surface area (Å²) >= 11 is 0. The predicted octanol–water partition coefficient (Wildman–Crippen LogP) is 2.70. The Labute approximate surface area is 117 Å². The zero-order valence-electron chi connectivity index (χ0n) is 11.4. The molecule has 0 bridgehead atoms. The molecule has 20 heavy (non-hydrogen) atoms. The Hall–Kier alpha value is -2.04. The van der Waals surface area contributed by atoms with Crippen LogP contribution in [0.15, 0.2) is 18.2 Å². The molecule has 0 saturated heterocycles. The SMILES string of the molecule is CC1CCCC2(C1)Nc1c(cccc1C(=O)O)NC2=O. The molecule has 1 aliphatic carbocycles. The molecule has 5 nitrogen and oxygen atoms in total. The van der Waals surface area contributed by atoms with Crippen LogP contribution in [0.5, 0.6) is 0 Å². The number of hydrogen-bond donors (Lipinski definition) is 3. The molecule has 0 radical (unpaired) electrons. The third-order valence-electron chi connectivity index (χ3n) is 4.34. The summed E-state index contributed by atoms with van der Waals surface area (Å²) in [5.74, 6) is -0.566. The summed E-state index contributed by atoms with van der Waals surface area (Å²) in [5.41, 5.74) is 0.642. The van der Waals surface area contributed by atoms with Gasteiger partial charge < -0.3 is 15.7 Å². The number of nitrogens with one attached hydrogen (secondary N) is 2. The summed E-state index contributed by atoms with van der Waals surface area (Å²) in [4.78, 5) is 23.8. The number of hydrogen-bond acceptors (Lipinski definition) is 3. The molecular weight excluding hydrogens is 256 g/mol. The van der Waals surface area contributed by atoms with Gasteiger partial charge in [-0.05, 0) is 30.9 Å². The number of rotatable bonds is 1. The lowest BCUT2D eigenvalue weighted by molar-refractivity contribution is -0.122. The van der Waals surface area contributed by atoms with Crippen molar-refractivity contribution in [3.8, 4) is 0 Å². The number of anilines is 2. The minimum Gasteiger partial charge on any atom is -0.478 e. The number of amides is 1. The standard InChI is InChI=1S/C15H18N2O3/c1-9-4-3-7-15(8-9)14(20)16-11-6-2-5-10(13(18)19)12(11)17-15/h2,5-6,9,17H,3-4,7-8H2,1H3,(H,16,20)(H,18,19). The highest BCUT2D eigenvalue weighted by molar-refractivity contribution is 6.10. The van der Waals surface area contributed by atoms with E-state index in [1.807, 2.05) is 0 Å². The van der Waals surface area contributed by atoms with Crippen molar-refractivity contribution in [3.63, 3.8) is 0 Å². The third-order valence-corrected chi connectivity index (χ3v) is 4.34. The van der Waals surface area contributed by atoms with Gasteiger partial charge in [0.05, 0.1) is 16.9 Å². The fourth-order valence-electron chi connectivity index (χ4n) is 3.38. The van der Waals surface area contributed by atoms with E-state index in [0.29, 0.717) is 17.3 Å². The van der Waals surface area contributed by atoms with E-state index in [1.165, 1.54) is 0 Å². The van der Waals surface area contributed by atoms with Crippen LogP contribution in [0.1, 0.15) is 43.0 Å². The molecule has 2 aliphatic rings. The van der Waals surface area contributed by atoms with Gasteiger partial charge in [0.25, 0.3) is 0 Å². The summed E-state index contributed by atoms with van der Waals surface area (Å²) < 4.78 is 0. The van der Waals surface area contributed by atoms with Crippen molar-refractivity contribution in [2.24, 2.45) is 5.92 Å². The molecule has 106 valence electrons. The van der Waals surface area contributed by atoms with Crippen molar-refractivity contribution in [2.75, 3.05) is 10.6 Å². The quantitative estimate of drug-likeness (QED) is 0.735. The zero-order chi connectivity index (χ0) is 14.3. The van der Waals surface area contributed by atoms with Crippen LogP contribution in [-0.4, -0.2) is 22.5 Å². The molecule has 1 saturated carbocycles. The Morgan fingerprint density at radius 1 is 1.45 bits per heavy atom. The van der Waals surface area contributed by atoms with Gasteiger partial charge >= 0.3 is 5.97 Å². The van der Waals surface area contributed by atoms with Crippen LogP contribution >= 0.6 is 0 Å². The summed E-state index contributed by atoms with van der Waals surface area (Å²) in [6.07, 6.45) is 3.58. The van der Waals surface area contributed by atoms with Gasteiger partial charge in [0.15, 0.2) is 0 Å². The van der Waals surface area contributed by atoms with Gasteiger partial charge in [-0.25, -0.2) is 4.79 Å². The molecule has 1 fully saturated rings. The number of carboxylic acid groups (broad SMARTS) is 1. The monoisotopic (exact) mass is 274 g/mol. The first kappa shape index (κ1) is 13.0. The van der Waals surface area contributed by atoms with E-state index in [9.17, 15) is 14.7 Å². The summed E-state index contributed by atoms with van der Waals surface area (Å²) in [6.45, 7) is 2.13. The van der Waals surface area contributed by atoms with Gasteiger partial charge in [-0.3, -0.25) is 4.79 Å². The highest BCUT2D eigenvalue weighted by atomic mass is 16.4. The molecule has 1 amide bonds. The molecule has 0 aromatic heterocycles. The lowest BCUT2D eigenvalue weighted by Gasteiger charge is -2.43. The lowest BCUT2D eigenvalue weighted by Crippen LogP contribution is -2.55. The van der Waals surface area contributed by atoms with E-state index in [1.54, 1.807) is 18.2 Å². The van der Waals surface area contributed by atoms with Crippen LogP contribution in [0.3, 0.4) is 0 Å². The van der Waals surface area contributed by atoms with Gasteiger partial charge in [0.1, 0.15) is 5.54 Å². The number of para-hydroxylation sites is 1. The summed E-state index contributed by atoms with van der Waals surface area (Å²) in [6, 6.07) is 4.93. The summed E-state index contributed by atoms with van der Waals surface area (Å²) in [7, 11) is 0. The van der Waals surface area contributed by atoms with Crippen LogP contribution < -0.4 is 10.6 Å². The van der Waals surface area contributed by atoms with Crippen LogP contribution in [0.4, 0.5) is 11.4 Å². The molecule has 2 unspecified atom stereocenters. The van der Waals surface area contributed by atoms with E-state index in [2.05, 4.69) is 17.6 Å². The minimum absolute atomic E-state index is 0.0425. The highest BCUT2D eigenvalue weighted by Crippen LogP contribution is 2.42. The van der Waals surface area contributed by atoms with E-state index < -0.39 is 11.5 Å². The van der Waals surface area contributed by atoms with Crippen molar-refractivity contribution >= 4 is 23.3 Å². The fraction of sp³-hybridized carbons (Fsp3) is 0.467. The Bertz CT molecular complexity index is 584. The second kappa shape index (κ2) is 4.51. The maximum absolute atomic E-state index is 12.4. The van der Waals surface area contributed by atoms with Crippen LogP contribution in [0, 0.1) is 5.92 Å². The molecule has 5 heteroatoms. The topological polar surface area (TPSA) is 78.4 Å². The second-order valence-electron chi connectivity index (χ2n) is 5.90. The van der Waals surface area contributed by atoms with Crippen LogP contribution in [0.25, 0.3) is 0 Å². The Balaban J connectivity index is 2.04. The molecule has 1 aromatic rings. The number of carbonyl (C=O) groups is 2. The molecule has 1 aromatic carbocycles. The molecule has 1 spiro atoms. The van der Waals surface area contributed by atoms with Crippen LogP contribution in [0.2, 0.25) is 0 Å². The van der Waals surface area contributed by atoms with Gasteiger partial charge in [0.2, 0.25) is 5.91 Å². The van der Waals surface area contributed by atoms with Crippen LogP contribution in [-0.2, 0) is 4.79 Å². The molecular formula is C15H18N2O3. The third kappa shape index (κ3) is 1.94. The molecule has 3 N–H and O–H groups in total. The largest absolute Gasteiger partial charge is 0.478 e. The van der Waals surface area contributed by atoms with Crippen molar-refractivity contribution in [3.05, 3.63) is 23.8 Å². The van der Waals surface area contributed by atoms with Crippen molar-refractivity contribution < 1.29 is 14.7 Å². The molecule has 3 rings (SSSR count). The molecule has 1 heterocycles. The number of carbonyl (C=O) groups excluding carboxylic acids is 1. The van der Waals surface area contributed by atoms with Crippen molar-refractivity contribution in [1.29, 1.82) is 0 Å². The minimum atomic E-state index is -0.982. The average molecular weight is 274 g/mol. The van der Waals surface area contributed by atoms with E-state index >= 15 is 0 Å². The Kier molecular flexibility index (Phi) is 2.92. The lowest BCUT2D eigenvalue weighted by atomic mass is 9.74. The Morgan fingerprint density at radius 2 is 2.25 bits per heavy atom. The van der Waals surface area contributed by atoms with Gasteiger partial charge in [-0.1, -0.05) is 25.8 Å². The maximum Gasteiger partial charge on any atom is 0.337 e. The number of carboxylic acids is 1. The highest BCUT2D eigenvalue weighted by Gasteiger charge is 2.45. The van der Waals surface area contributed by atoms with Crippen molar-refractivity contribution in [2.45, 2.75) is 38.1 Å². The smallest absolute Gasteiger partial charge is 0.337 e. The Morgan fingerprint density at radius 3 is 2.95 bits per heavy atom. The first-order chi connectivity index (χ1) is 9.52. The number of benzene rings is 1. The average Bonchev–Trinajstić information content (AvgIpc) is 2.39. The fourth-order valence-corrected chi connectivity index (χ4v) is 3.38. The molecule has 1 aliphatic heterocycles. The van der Waals surface area contributed by atoms with E-state index in [0.717, 1.165) is 25.7 Å². The van der Waals surface area contributed by atoms with Crippen molar-refractivity contribution in [1.82, 2.24) is 0 Å². The zero-order valence-corrected chi connectivity index (χ0v) is 11.4. The van der Waals surface area contributed by atoms with Gasteiger partial charge in [-0.15, -0.1) is 0 Å². The second-order valence-corrected chi connectivity index (χ2v) is 5.90. The first-order valence-corrected chi connectivity index (χ1v) is 6.98. The number of aromatic carboxylic acids is 1. The number of fused-ring (bicyclic) bond motifs is 1. The van der Waals surface area contributed by atoms with Gasteiger partial charge in [0, 0.05) is 0 Å². The maximum atomic E-state index is 12.4. The first-order valence-electron chi connectivity index (χ1n) is 6.98. The molecule has 2 atom stereocenters. The normalized spacial score (nSPS) is 28.4. The van der Waals surface area contributed by atoms with Gasteiger partial charge in [-0.2, -0.15) is 0 Å². The predicted molar refractivity (Wildman–Crippen MR) is 76.0 cm³/mol. The van der Waals surface area contributed by atoms with E-state index in [4.69, 9.17) is 0 Å².